The first kappa shape index (κ1) is 11.9. The van der Waals surface area contributed by atoms with Gasteiger partial charge in [-0.05, 0) is 44.7 Å². The second kappa shape index (κ2) is 4.82. The molecule has 1 fully saturated rings. The highest BCUT2D eigenvalue weighted by atomic mass is 32.1. The topological polar surface area (TPSA) is 42.2 Å². The molecular weight excluding hydrogens is 246 g/mol. The zero-order chi connectivity index (χ0) is 12.5. The van der Waals surface area contributed by atoms with E-state index in [1.54, 1.807) is 0 Å². The quantitative estimate of drug-likeness (QED) is 0.851. The molecule has 0 bridgehead atoms. The van der Waals surface area contributed by atoms with Crippen LogP contribution in [-0.4, -0.2) is 21.6 Å². The number of likely N-dealkylation sites (tertiary alicyclic amines) is 1. The fourth-order valence-electron chi connectivity index (χ4n) is 2.66. The Hall–Kier alpha value is -1.20. The summed E-state index contributed by atoms with van der Waals surface area (Å²) in [6, 6.07) is 5.05. The fourth-order valence-corrected chi connectivity index (χ4v) is 3.55. The molecule has 3 rings (SSSR count). The van der Waals surface area contributed by atoms with Gasteiger partial charge in [0.05, 0.1) is 6.04 Å². The van der Waals surface area contributed by atoms with Gasteiger partial charge in [0.25, 0.3) is 0 Å². The summed E-state index contributed by atoms with van der Waals surface area (Å²) in [6.45, 7) is 5.12. The SMILES string of the molecule is Cc1noc([C@@H](C)N2CCC[C@@H]2c2cccs2)n1. The molecule has 4 nitrogen and oxygen atoms in total. The Morgan fingerprint density at radius 3 is 3.11 bits per heavy atom. The first-order chi connectivity index (χ1) is 8.75. The second-order valence-electron chi connectivity index (χ2n) is 4.77. The maximum Gasteiger partial charge on any atom is 0.243 e. The van der Waals surface area contributed by atoms with E-state index >= 15 is 0 Å². The van der Waals surface area contributed by atoms with Gasteiger partial charge in [0.2, 0.25) is 5.89 Å². The Kier molecular flexibility index (Phi) is 3.18. The van der Waals surface area contributed by atoms with Crippen LogP contribution in [0.5, 0.6) is 0 Å². The number of aryl methyl sites for hydroxylation is 1. The van der Waals surface area contributed by atoms with Crippen LogP contribution >= 0.6 is 11.3 Å². The molecule has 1 aliphatic rings. The minimum atomic E-state index is 0.195. The number of hydrogen-bond donors (Lipinski definition) is 0. The third-order valence-electron chi connectivity index (χ3n) is 3.56. The molecule has 0 radical (unpaired) electrons. The summed E-state index contributed by atoms with van der Waals surface area (Å²) in [6.07, 6.45) is 2.46. The van der Waals surface area contributed by atoms with Crippen molar-refractivity contribution >= 4 is 11.3 Å². The van der Waals surface area contributed by atoms with E-state index in [-0.39, 0.29) is 6.04 Å². The smallest absolute Gasteiger partial charge is 0.243 e. The third kappa shape index (κ3) is 2.08. The highest BCUT2D eigenvalue weighted by Gasteiger charge is 2.33. The molecular formula is C13H17N3OS. The molecule has 3 heterocycles. The van der Waals surface area contributed by atoms with Crippen LogP contribution in [0, 0.1) is 6.92 Å². The van der Waals surface area contributed by atoms with Gasteiger partial charge in [0, 0.05) is 10.9 Å². The van der Waals surface area contributed by atoms with Gasteiger partial charge in [0.1, 0.15) is 0 Å². The van der Waals surface area contributed by atoms with Crippen LogP contribution in [0.4, 0.5) is 0 Å². The van der Waals surface area contributed by atoms with Crippen molar-refractivity contribution in [1.82, 2.24) is 15.0 Å². The molecule has 2 aromatic rings. The Morgan fingerprint density at radius 1 is 1.56 bits per heavy atom. The molecule has 1 aliphatic heterocycles. The molecule has 2 atom stereocenters. The van der Waals surface area contributed by atoms with E-state index in [2.05, 4.69) is 39.5 Å². The first-order valence-corrected chi connectivity index (χ1v) is 7.23. The van der Waals surface area contributed by atoms with Crippen molar-refractivity contribution in [3.05, 3.63) is 34.1 Å². The molecule has 0 spiro atoms. The second-order valence-corrected chi connectivity index (χ2v) is 5.75. The van der Waals surface area contributed by atoms with E-state index in [1.165, 1.54) is 17.7 Å². The normalized spacial score (nSPS) is 22.4. The van der Waals surface area contributed by atoms with Crippen LogP contribution < -0.4 is 0 Å². The van der Waals surface area contributed by atoms with Gasteiger partial charge >= 0.3 is 0 Å². The van der Waals surface area contributed by atoms with Crippen molar-refractivity contribution in [3.63, 3.8) is 0 Å². The molecule has 5 heteroatoms. The molecule has 18 heavy (non-hydrogen) atoms. The van der Waals surface area contributed by atoms with Gasteiger partial charge in [-0.25, -0.2) is 0 Å². The standard InChI is InChI=1S/C13H17N3OS/c1-9(13-14-10(2)15-17-13)16-7-3-5-11(16)12-6-4-8-18-12/h4,6,8-9,11H,3,5,7H2,1-2H3/t9-,11-/m1/s1. The average molecular weight is 263 g/mol. The van der Waals surface area contributed by atoms with E-state index in [0.29, 0.717) is 11.9 Å². The number of hydrogen-bond acceptors (Lipinski definition) is 5. The Morgan fingerprint density at radius 2 is 2.44 bits per heavy atom. The van der Waals surface area contributed by atoms with Crippen LogP contribution in [0.2, 0.25) is 0 Å². The maximum atomic E-state index is 5.30. The van der Waals surface area contributed by atoms with Crippen molar-refractivity contribution in [2.45, 2.75) is 38.8 Å². The van der Waals surface area contributed by atoms with Crippen molar-refractivity contribution in [2.75, 3.05) is 6.54 Å². The molecule has 0 aromatic carbocycles. The number of nitrogens with zero attached hydrogens (tertiary/aromatic N) is 3. The van der Waals surface area contributed by atoms with E-state index < -0.39 is 0 Å². The van der Waals surface area contributed by atoms with E-state index in [4.69, 9.17) is 4.52 Å². The molecule has 0 amide bonds. The van der Waals surface area contributed by atoms with Crippen molar-refractivity contribution < 1.29 is 4.52 Å². The molecule has 0 saturated carbocycles. The lowest BCUT2D eigenvalue weighted by Gasteiger charge is -2.27. The predicted octanol–water partition coefficient (Wildman–Crippen LogP) is 3.34. The van der Waals surface area contributed by atoms with Gasteiger partial charge in [-0.2, -0.15) is 4.98 Å². The Bertz CT molecular complexity index is 508. The van der Waals surface area contributed by atoms with Gasteiger partial charge in [-0.3, -0.25) is 4.90 Å². The summed E-state index contributed by atoms with van der Waals surface area (Å²) in [5.41, 5.74) is 0. The van der Waals surface area contributed by atoms with Crippen LogP contribution in [0.1, 0.15) is 48.4 Å². The summed E-state index contributed by atoms with van der Waals surface area (Å²) >= 11 is 1.83. The van der Waals surface area contributed by atoms with Crippen molar-refractivity contribution in [2.24, 2.45) is 0 Å². The van der Waals surface area contributed by atoms with Crippen molar-refractivity contribution in [3.8, 4) is 0 Å². The number of thiophene rings is 1. The summed E-state index contributed by atoms with van der Waals surface area (Å²) in [5, 5.41) is 6.03. The lowest BCUT2D eigenvalue weighted by atomic mass is 10.1. The summed E-state index contributed by atoms with van der Waals surface area (Å²) < 4.78 is 5.30. The number of rotatable bonds is 3. The number of aromatic nitrogens is 2. The maximum absolute atomic E-state index is 5.30. The first-order valence-electron chi connectivity index (χ1n) is 6.35. The summed E-state index contributed by atoms with van der Waals surface area (Å²) in [7, 11) is 0. The third-order valence-corrected chi connectivity index (χ3v) is 4.54. The van der Waals surface area contributed by atoms with Crippen molar-refractivity contribution in [1.29, 1.82) is 0 Å². The van der Waals surface area contributed by atoms with Gasteiger partial charge in [-0.15, -0.1) is 11.3 Å². The molecule has 1 saturated heterocycles. The lowest BCUT2D eigenvalue weighted by Crippen LogP contribution is -2.26. The van der Waals surface area contributed by atoms with Gasteiger partial charge < -0.3 is 4.52 Å². The summed E-state index contributed by atoms with van der Waals surface area (Å²) in [4.78, 5) is 8.27. The molecule has 96 valence electrons. The molecule has 0 unspecified atom stereocenters. The minimum absolute atomic E-state index is 0.195. The van der Waals surface area contributed by atoms with Gasteiger partial charge in [-0.1, -0.05) is 11.2 Å². The van der Waals surface area contributed by atoms with Crippen LogP contribution in [0.3, 0.4) is 0 Å². The fraction of sp³-hybridized carbons (Fsp3) is 0.538. The van der Waals surface area contributed by atoms with Crippen LogP contribution in [-0.2, 0) is 0 Å². The summed E-state index contributed by atoms with van der Waals surface area (Å²) in [5.74, 6) is 1.44. The molecule has 0 aliphatic carbocycles. The minimum Gasteiger partial charge on any atom is -0.338 e. The largest absolute Gasteiger partial charge is 0.338 e. The van der Waals surface area contributed by atoms with Gasteiger partial charge in [0.15, 0.2) is 5.82 Å². The van der Waals surface area contributed by atoms with Crippen LogP contribution in [0.15, 0.2) is 22.0 Å². The molecule has 0 N–H and O–H groups in total. The Labute approximate surface area is 111 Å². The van der Waals surface area contributed by atoms with E-state index in [0.717, 1.165) is 12.4 Å². The highest BCUT2D eigenvalue weighted by molar-refractivity contribution is 7.10. The Balaban J connectivity index is 1.82. The zero-order valence-electron chi connectivity index (χ0n) is 10.7. The van der Waals surface area contributed by atoms with E-state index in [1.807, 2.05) is 18.3 Å². The zero-order valence-corrected chi connectivity index (χ0v) is 11.5. The van der Waals surface area contributed by atoms with E-state index in [9.17, 15) is 0 Å². The lowest BCUT2D eigenvalue weighted by molar-refractivity contribution is 0.161. The van der Waals surface area contributed by atoms with Crippen LogP contribution in [0.25, 0.3) is 0 Å². The monoisotopic (exact) mass is 263 g/mol. The highest BCUT2D eigenvalue weighted by Crippen LogP contribution is 2.39. The molecule has 2 aromatic heterocycles. The predicted molar refractivity (Wildman–Crippen MR) is 70.5 cm³/mol. The average Bonchev–Trinajstić information content (AvgIpc) is 3.08.